The van der Waals surface area contributed by atoms with Crippen molar-refractivity contribution in [2.45, 2.75) is 76.4 Å². The lowest BCUT2D eigenvalue weighted by atomic mass is 9.97. The van der Waals surface area contributed by atoms with Gasteiger partial charge in [-0.15, -0.1) is 0 Å². The van der Waals surface area contributed by atoms with Crippen molar-refractivity contribution < 1.29 is 19.2 Å². The van der Waals surface area contributed by atoms with Gasteiger partial charge in [0.25, 0.3) is 5.91 Å². The van der Waals surface area contributed by atoms with Crippen molar-refractivity contribution in [3.63, 3.8) is 0 Å². The number of carbonyl (C=O) groups excluding carboxylic acids is 4. The molecule has 3 fully saturated rings. The van der Waals surface area contributed by atoms with Crippen LogP contribution in [-0.4, -0.2) is 63.7 Å². The molecular weight excluding hydrogens is 432 g/mol. The number of allylic oxidation sites excluding steroid dienone is 1. The normalized spacial score (nSPS) is 20.9. The Morgan fingerprint density at radius 3 is 2.35 bits per heavy atom. The van der Waals surface area contributed by atoms with Gasteiger partial charge in [-0.2, -0.15) is 0 Å². The smallest absolute Gasteiger partial charge is 0.335 e. The maximum Gasteiger partial charge on any atom is 0.335 e. The second-order valence-electron chi connectivity index (χ2n) is 9.89. The molecule has 5 rings (SSSR count). The Morgan fingerprint density at radius 2 is 1.71 bits per heavy atom. The van der Waals surface area contributed by atoms with Gasteiger partial charge < -0.3 is 5.32 Å². The zero-order valence-corrected chi connectivity index (χ0v) is 19.5. The molecule has 8 nitrogen and oxygen atoms in total. The predicted molar refractivity (Wildman–Crippen MR) is 125 cm³/mol. The van der Waals surface area contributed by atoms with E-state index in [1.54, 1.807) is 0 Å². The summed E-state index contributed by atoms with van der Waals surface area (Å²) < 4.78 is 0. The van der Waals surface area contributed by atoms with Crippen molar-refractivity contribution in [3.8, 4) is 0 Å². The first-order valence-corrected chi connectivity index (χ1v) is 12.5. The van der Waals surface area contributed by atoms with E-state index in [4.69, 9.17) is 0 Å². The second kappa shape index (κ2) is 9.70. The number of nitrogens with one attached hydrogen (secondary N) is 1. The third kappa shape index (κ3) is 5.22. The summed E-state index contributed by atoms with van der Waals surface area (Å²) in [6.45, 7) is 0.921. The van der Waals surface area contributed by atoms with Crippen LogP contribution in [0.5, 0.6) is 0 Å². The Hall–Kier alpha value is -3.00. The maximum absolute atomic E-state index is 13.0. The van der Waals surface area contributed by atoms with Crippen LogP contribution in [0.1, 0.15) is 73.7 Å². The van der Waals surface area contributed by atoms with E-state index in [0.717, 1.165) is 60.3 Å². The van der Waals surface area contributed by atoms with Gasteiger partial charge in [0, 0.05) is 30.7 Å². The number of rotatable bonds is 10. The fourth-order valence-electron chi connectivity index (χ4n) is 4.67. The third-order valence-electron chi connectivity index (χ3n) is 7.08. The van der Waals surface area contributed by atoms with Gasteiger partial charge in [0.15, 0.2) is 0 Å². The molecular formula is C26H32N4O4. The highest BCUT2D eigenvalue weighted by Gasteiger charge is 2.46. The highest BCUT2D eigenvalue weighted by Crippen LogP contribution is 2.30. The molecule has 1 aromatic rings. The van der Waals surface area contributed by atoms with E-state index in [1.165, 1.54) is 12.0 Å². The van der Waals surface area contributed by atoms with Crippen LogP contribution in [0.25, 0.3) is 0 Å². The van der Waals surface area contributed by atoms with Gasteiger partial charge in [0.2, 0.25) is 0 Å². The van der Waals surface area contributed by atoms with E-state index in [9.17, 15) is 19.2 Å². The van der Waals surface area contributed by atoms with Gasteiger partial charge in [-0.3, -0.25) is 24.2 Å². The Morgan fingerprint density at radius 1 is 0.971 bits per heavy atom. The summed E-state index contributed by atoms with van der Waals surface area (Å²) >= 11 is 0. The summed E-state index contributed by atoms with van der Waals surface area (Å²) in [4.78, 5) is 54.7. The molecule has 0 atom stereocenters. The molecule has 1 heterocycles. The number of benzene rings is 1. The Balaban J connectivity index is 1.20. The van der Waals surface area contributed by atoms with Gasteiger partial charge in [0.05, 0.1) is 6.67 Å². The fraction of sp³-hybridized carbons (Fsp3) is 0.538. The van der Waals surface area contributed by atoms with Crippen molar-refractivity contribution in [3.05, 3.63) is 47.0 Å². The van der Waals surface area contributed by atoms with E-state index in [1.807, 2.05) is 24.3 Å². The van der Waals surface area contributed by atoms with Crippen LogP contribution in [0.3, 0.4) is 0 Å². The maximum atomic E-state index is 13.0. The van der Waals surface area contributed by atoms with Crippen LogP contribution >= 0.6 is 0 Å². The van der Waals surface area contributed by atoms with Crippen molar-refractivity contribution in [1.82, 2.24) is 20.0 Å². The standard InChI is InChI=1S/C26H32N4O4/c31-23(27-21-10-11-21)20-8-6-19(7-9-20)16-28(22-12-13-22)17-30-25(33)24(32)29(26(30)34)15-14-18-4-2-1-3-5-18/h4,6-9,21-22H,1-3,5,10-17H2,(H,27,31). The summed E-state index contributed by atoms with van der Waals surface area (Å²) in [5.74, 6) is -1.51. The van der Waals surface area contributed by atoms with Crippen molar-refractivity contribution in [1.29, 1.82) is 0 Å². The Kier molecular flexibility index (Phi) is 6.50. The second-order valence-corrected chi connectivity index (χ2v) is 9.89. The van der Waals surface area contributed by atoms with Gasteiger partial charge in [-0.1, -0.05) is 23.8 Å². The Bertz CT molecular complexity index is 1010. The molecule has 0 spiro atoms. The SMILES string of the molecule is O=C(NC1CC1)c1ccc(CN(CN2C(=O)C(=O)N(CCC3=CCCCC3)C2=O)C2CC2)cc1. The molecule has 34 heavy (non-hydrogen) atoms. The Labute approximate surface area is 199 Å². The number of nitrogens with zero attached hydrogens (tertiary/aromatic N) is 3. The van der Waals surface area contributed by atoms with E-state index < -0.39 is 17.8 Å². The van der Waals surface area contributed by atoms with E-state index >= 15 is 0 Å². The fourth-order valence-corrected chi connectivity index (χ4v) is 4.67. The number of hydrogen-bond acceptors (Lipinski definition) is 5. The summed E-state index contributed by atoms with van der Waals surface area (Å²) in [5, 5.41) is 2.98. The minimum Gasteiger partial charge on any atom is -0.349 e. The average Bonchev–Trinajstić information content (AvgIpc) is 3.77. The van der Waals surface area contributed by atoms with Crippen LogP contribution in [0, 0.1) is 0 Å². The molecule has 0 aromatic heterocycles. The quantitative estimate of drug-likeness (QED) is 0.326. The van der Waals surface area contributed by atoms with Crippen LogP contribution in [0.4, 0.5) is 4.79 Å². The first-order chi connectivity index (χ1) is 16.5. The largest absolute Gasteiger partial charge is 0.349 e. The first kappa shape index (κ1) is 22.8. The molecule has 1 N–H and O–H groups in total. The van der Waals surface area contributed by atoms with Gasteiger partial charge in [0.1, 0.15) is 0 Å². The zero-order valence-electron chi connectivity index (χ0n) is 19.5. The number of hydrogen-bond donors (Lipinski definition) is 1. The highest BCUT2D eigenvalue weighted by molar-refractivity contribution is 6.44. The molecule has 1 aromatic carbocycles. The van der Waals surface area contributed by atoms with Gasteiger partial charge in [-0.25, -0.2) is 9.69 Å². The summed E-state index contributed by atoms with van der Waals surface area (Å²) in [6.07, 6.45) is 11.3. The van der Waals surface area contributed by atoms with Crippen LogP contribution in [0.2, 0.25) is 0 Å². The zero-order chi connectivity index (χ0) is 23.7. The summed E-state index contributed by atoms with van der Waals surface area (Å²) in [6, 6.07) is 7.56. The monoisotopic (exact) mass is 464 g/mol. The molecule has 1 saturated heterocycles. The lowest BCUT2D eigenvalue weighted by Gasteiger charge is -2.26. The van der Waals surface area contributed by atoms with Gasteiger partial charge in [-0.05, 0) is 75.5 Å². The van der Waals surface area contributed by atoms with Crippen LogP contribution < -0.4 is 5.32 Å². The number of carbonyl (C=O) groups is 4. The van der Waals surface area contributed by atoms with Gasteiger partial charge >= 0.3 is 17.8 Å². The van der Waals surface area contributed by atoms with E-state index in [-0.39, 0.29) is 25.2 Å². The number of imide groups is 2. The summed E-state index contributed by atoms with van der Waals surface area (Å²) in [5.41, 5.74) is 2.90. The molecule has 8 heteroatoms. The first-order valence-electron chi connectivity index (χ1n) is 12.5. The molecule has 5 amide bonds. The molecule has 3 aliphatic carbocycles. The predicted octanol–water partition coefficient (Wildman–Crippen LogP) is 3.18. The van der Waals surface area contributed by atoms with Crippen molar-refractivity contribution in [2.75, 3.05) is 13.2 Å². The number of amides is 5. The lowest BCUT2D eigenvalue weighted by molar-refractivity contribution is -0.144. The molecule has 2 saturated carbocycles. The summed E-state index contributed by atoms with van der Waals surface area (Å²) in [7, 11) is 0. The number of urea groups is 1. The minimum atomic E-state index is -0.736. The molecule has 0 radical (unpaired) electrons. The van der Waals surface area contributed by atoms with Crippen molar-refractivity contribution >= 4 is 23.8 Å². The van der Waals surface area contributed by atoms with Crippen LogP contribution in [0.15, 0.2) is 35.9 Å². The lowest BCUT2D eigenvalue weighted by Crippen LogP contribution is -2.43. The minimum absolute atomic E-state index is 0.0519. The molecule has 1 aliphatic heterocycles. The van der Waals surface area contributed by atoms with E-state index in [0.29, 0.717) is 24.6 Å². The molecule has 4 aliphatic rings. The van der Waals surface area contributed by atoms with E-state index in [2.05, 4.69) is 16.3 Å². The molecule has 0 bridgehead atoms. The molecule has 0 unspecified atom stereocenters. The van der Waals surface area contributed by atoms with Crippen LogP contribution in [-0.2, 0) is 16.1 Å². The topological polar surface area (TPSA) is 90.0 Å². The average molecular weight is 465 g/mol. The van der Waals surface area contributed by atoms with Crippen molar-refractivity contribution in [2.24, 2.45) is 0 Å². The highest BCUT2D eigenvalue weighted by atomic mass is 16.2. The molecule has 180 valence electrons. The third-order valence-corrected chi connectivity index (χ3v) is 7.08.